The van der Waals surface area contributed by atoms with Gasteiger partial charge in [-0.3, -0.25) is 5.10 Å². The molecule has 0 saturated carbocycles. The van der Waals surface area contributed by atoms with Gasteiger partial charge in [0.2, 0.25) is 0 Å². The highest BCUT2D eigenvalue weighted by molar-refractivity contribution is 5.74. The summed E-state index contributed by atoms with van der Waals surface area (Å²) in [5, 5.41) is 6.43. The highest BCUT2D eigenvalue weighted by Gasteiger charge is 2.32. The van der Waals surface area contributed by atoms with Crippen molar-refractivity contribution in [2.75, 3.05) is 0 Å². The first-order chi connectivity index (χ1) is 11.8. The minimum Gasteiger partial charge on any atom is -0.405 e. The predicted molar refractivity (Wildman–Crippen MR) is 83.5 cm³/mol. The van der Waals surface area contributed by atoms with Crippen LogP contribution in [0, 0.1) is 0 Å². The summed E-state index contributed by atoms with van der Waals surface area (Å²) in [7, 11) is 0. The molecule has 8 heteroatoms. The molecule has 0 saturated heterocycles. The van der Waals surface area contributed by atoms with Crippen molar-refractivity contribution in [2.45, 2.75) is 19.5 Å². The topological polar surface area (TPSA) is 50.8 Å². The van der Waals surface area contributed by atoms with E-state index in [-0.39, 0.29) is 23.0 Å². The molecular weight excluding hydrogens is 338 g/mol. The number of H-pyrrole nitrogens is 1. The molecule has 130 valence electrons. The van der Waals surface area contributed by atoms with Crippen LogP contribution in [0.5, 0.6) is 5.75 Å². The summed E-state index contributed by atoms with van der Waals surface area (Å²) in [6.07, 6.45) is -6.09. The van der Waals surface area contributed by atoms with Crippen LogP contribution in [0.2, 0.25) is 0 Å². The van der Waals surface area contributed by atoms with Crippen molar-refractivity contribution in [1.29, 1.82) is 0 Å². The Hall–Kier alpha value is -2.90. The molecule has 3 rings (SSSR count). The Bertz CT molecular complexity index is 874. The van der Waals surface area contributed by atoms with Crippen molar-refractivity contribution >= 4 is 0 Å². The number of aromatic amines is 1. The van der Waals surface area contributed by atoms with E-state index in [1.165, 1.54) is 25.1 Å². The zero-order valence-corrected chi connectivity index (χ0v) is 13.0. The van der Waals surface area contributed by atoms with Gasteiger partial charge in [0, 0.05) is 11.1 Å². The summed E-state index contributed by atoms with van der Waals surface area (Å²) in [5.41, 5.74) is 1.32. The van der Waals surface area contributed by atoms with Gasteiger partial charge >= 0.3 is 6.36 Å². The predicted octanol–water partition coefficient (Wildman–Crippen LogP) is 5.07. The number of aromatic nitrogens is 3. The average molecular weight is 351 g/mol. The maximum absolute atomic E-state index is 13.3. The van der Waals surface area contributed by atoms with Gasteiger partial charge in [-0.05, 0) is 24.6 Å². The van der Waals surface area contributed by atoms with Gasteiger partial charge in [0.05, 0.1) is 0 Å². The lowest BCUT2D eigenvalue weighted by atomic mass is 10.0. The van der Waals surface area contributed by atoms with E-state index in [0.717, 1.165) is 0 Å². The molecule has 0 fully saturated rings. The molecule has 0 aliphatic carbocycles. The Balaban J connectivity index is 1.99. The van der Waals surface area contributed by atoms with Crippen LogP contribution in [-0.2, 0) is 0 Å². The van der Waals surface area contributed by atoms with Gasteiger partial charge in [-0.2, -0.15) is 5.10 Å². The summed E-state index contributed by atoms with van der Waals surface area (Å²) >= 11 is 0. The molecule has 0 radical (unpaired) electrons. The molecule has 1 atom stereocenters. The number of halogens is 4. The third-order valence-electron chi connectivity index (χ3n) is 3.42. The molecule has 25 heavy (non-hydrogen) atoms. The molecule has 3 aromatic rings. The molecule has 2 aromatic carbocycles. The number of hydrogen-bond acceptors (Lipinski definition) is 3. The van der Waals surface area contributed by atoms with E-state index in [1.54, 1.807) is 30.3 Å². The van der Waals surface area contributed by atoms with Gasteiger partial charge < -0.3 is 4.74 Å². The number of benzene rings is 2. The van der Waals surface area contributed by atoms with E-state index < -0.39 is 12.5 Å². The van der Waals surface area contributed by atoms with Crippen LogP contribution in [0.1, 0.15) is 18.9 Å². The number of rotatable bonds is 4. The van der Waals surface area contributed by atoms with Gasteiger partial charge in [-0.25, -0.2) is 9.37 Å². The lowest BCUT2D eigenvalue weighted by Gasteiger charge is -2.13. The first kappa shape index (κ1) is 16.9. The fourth-order valence-corrected chi connectivity index (χ4v) is 2.33. The normalized spacial score (nSPS) is 12.8. The number of alkyl halides is 4. The maximum Gasteiger partial charge on any atom is 0.573 e. The van der Waals surface area contributed by atoms with Crippen molar-refractivity contribution in [3.63, 3.8) is 0 Å². The monoisotopic (exact) mass is 351 g/mol. The van der Waals surface area contributed by atoms with Gasteiger partial charge in [0.15, 0.2) is 17.8 Å². The van der Waals surface area contributed by atoms with Crippen LogP contribution >= 0.6 is 0 Å². The lowest BCUT2D eigenvalue weighted by Crippen LogP contribution is -2.17. The maximum atomic E-state index is 13.3. The summed E-state index contributed by atoms with van der Waals surface area (Å²) < 4.78 is 55.1. The van der Waals surface area contributed by atoms with E-state index in [4.69, 9.17) is 0 Å². The zero-order valence-electron chi connectivity index (χ0n) is 13.0. The summed E-state index contributed by atoms with van der Waals surface area (Å²) in [5.74, 6) is 0.0389. The van der Waals surface area contributed by atoms with Crippen LogP contribution < -0.4 is 4.74 Å². The smallest absolute Gasteiger partial charge is 0.405 e. The van der Waals surface area contributed by atoms with E-state index in [0.29, 0.717) is 11.1 Å². The third kappa shape index (κ3) is 3.96. The summed E-state index contributed by atoms with van der Waals surface area (Å²) in [4.78, 5) is 4.04. The van der Waals surface area contributed by atoms with Crippen molar-refractivity contribution in [1.82, 2.24) is 15.2 Å². The SMILES string of the molecule is CC(F)c1nc(-c2cccc(-c3ccccc3OC(F)(F)F)c2)n[nH]1. The van der Waals surface area contributed by atoms with Crippen molar-refractivity contribution in [3.05, 3.63) is 54.4 Å². The van der Waals surface area contributed by atoms with E-state index in [1.807, 2.05) is 0 Å². The molecule has 1 aromatic heterocycles. The minimum absolute atomic E-state index is 0.0845. The first-order valence-corrected chi connectivity index (χ1v) is 7.35. The van der Waals surface area contributed by atoms with Crippen molar-refractivity contribution in [2.24, 2.45) is 0 Å². The standard InChI is InChI=1S/C17H13F4N3O/c1-10(18)15-22-16(24-23-15)12-6-4-5-11(9-12)13-7-2-3-8-14(13)25-17(19,20)21/h2-10H,1H3,(H,22,23,24). The first-order valence-electron chi connectivity index (χ1n) is 7.35. The summed E-state index contributed by atoms with van der Waals surface area (Å²) in [6.45, 7) is 1.32. The summed E-state index contributed by atoms with van der Waals surface area (Å²) in [6, 6.07) is 12.4. The number of nitrogens with one attached hydrogen (secondary N) is 1. The Morgan fingerprint density at radius 2 is 1.76 bits per heavy atom. The highest BCUT2D eigenvalue weighted by atomic mass is 19.4. The fraction of sp³-hybridized carbons (Fsp3) is 0.176. The Kier molecular flexibility index (Phi) is 4.43. The average Bonchev–Trinajstić information content (AvgIpc) is 3.04. The van der Waals surface area contributed by atoms with Gasteiger partial charge in [0.1, 0.15) is 5.75 Å². The van der Waals surface area contributed by atoms with Crippen LogP contribution in [0.3, 0.4) is 0 Å². The highest BCUT2D eigenvalue weighted by Crippen LogP contribution is 2.35. The third-order valence-corrected chi connectivity index (χ3v) is 3.42. The van der Waals surface area contributed by atoms with E-state index in [9.17, 15) is 17.6 Å². The van der Waals surface area contributed by atoms with Gasteiger partial charge in [-0.1, -0.05) is 36.4 Å². The second kappa shape index (κ2) is 6.54. The molecule has 0 aliphatic heterocycles. The van der Waals surface area contributed by atoms with Crippen LogP contribution in [0.4, 0.5) is 17.6 Å². The zero-order chi connectivity index (χ0) is 18.0. The van der Waals surface area contributed by atoms with Crippen molar-refractivity contribution < 1.29 is 22.3 Å². The second-order valence-corrected chi connectivity index (χ2v) is 5.29. The molecule has 0 amide bonds. The number of para-hydroxylation sites is 1. The van der Waals surface area contributed by atoms with Crippen LogP contribution in [-0.4, -0.2) is 21.5 Å². The molecule has 1 unspecified atom stereocenters. The Morgan fingerprint density at radius 3 is 2.44 bits per heavy atom. The molecular formula is C17H13F4N3O. The Morgan fingerprint density at radius 1 is 1.04 bits per heavy atom. The quantitative estimate of drug-likeness (QED) is 0.668. The molecule has 0 spiro atoms. The van der Waals surface area contributed by atoms with E-state index >= 15 is 0 Å². The molecule has 0 bridgehead atoms. The second-order valence-electron chi connectivity index (χ2n) is 5.29. The molecule has 1 N–H and O–H groups in total. The molecule has 4 nitrogen and oxygen atoms in total. The number of hydrogen-bond donors (Lipinski definition) is 1. The van der Waals surface area contributed by atoms with Gasteiger partial charge in [-0.15, -0.1) is 13.2 Å². The Labute approximate surface area is 140 Å². The van der Waals surface area contributed by atoms with E-state index in [2.05, 4.69) is 19.9 Å². The lowest BCUT2D eigenvalue weighted by molar-refractivity contribution is -0.274. The largest absolute Gasteiger partial charge is 0.573 e. The molecule has 1 heterocycles. The van der Waals surface area contributed by atoms with Crippen LogP contribution in [0.25, 0.3) is 22.5 Å². The van der Waals surface area contributed by atoms with Gasteiger partial charge in [0.25, 0.3) is 0 Å². The number of ether oxygens (including phenoxy) is 1. The van der Waals surface area contributed by atoms with Crippen LogP contribution in [0.15, 0.2) is 48.5 Å². The fourth-order valence-electron chi connectivity index (χ4n) is 2.33. The minimum atomic E-state index is -4.79. The number of nitrogens with zero attached hydrogens (tertiary/aromatic N) is 2. The van der Waals surface area contributed by atoms with Crippen molar-refractivity contribution in [3.8, 4) is 28.3 Å². The molecule has 0 aliphatic rings.